The van der Waals surface area contributed by atoms with Gasteiger partial charge in [0.25, 0.3) is 8.32 Å². The second-order valence-corrected chi connectivity index (χ2v) is 15.6. The number of ether oxygens (including phenoxy) is 1. The van der Waals surface area contributed by atoms with Gasteiger partial charge >= 0.3 is 5.97 Å². The Bertz CT molecular complexity index is 1130. The molecule has 208 valence electrons. The van der Waals surface area contributed by atoms with Gasteiger partial charge in [-0.05, 0) is 51.9 Å². The minimum atomic E-state index is -2.69. The molecule has 0 radical (unpaired) electrons. The van der Waals surface area contributed by atoms with Crippen molar-refractivity contribution in [2.45, 2.75) is 83.8 Å². The van der Waals surface area contributed by atoms with E-state index in [0.717, 1.165) is 31.2 Å². The highest BCUT2D eigenvalue weighted by atomic mass is 28.4. The molecule has 3 nitrogen and oxygen atoms in total. The van der Waals surface area contributed by atoms with Crippen molar-refractivity contribution in [1.82, 2.24) is 0 Å². The summed E-state index contributed by atoms with van der Waals surface area (Å²) < 4.78 is 12.4. The molecule has 3 aromatic rings. The fourth-order valence-electron chi connectivity index (χ4n) is 5.33. The van der Waals surface area contributed by atoms with Gasteiger partial charge in [-0.3, -0.25) is 4.79 Å². The lowest BCUT2D eigenvalue weighted by Crippen LogP contribution is -2.66. The van der Waals surface area contributed by atoms with Crippen molar-refractivity contribution in [2.24, 2.45) is 0 Å². The molecule has 0 bridgehead atoms. The normalized spacial score (nSPS) is 12.9. The van der Waals surface area contributed by atoms with Gasteiger partial charge in [0, 0.05) is 6.42 Å². The number of carbonyl (C=O) groups excluding carboxylic acids is 1. The molecule has 3 aromatic carbocycles. The van der Waals surface area contributed by atoms with Crippen LogP contribution in [-0.4, -0.2) is 21.4 Å². The van der Waals surface area contributed by atoms with E-state index in [1.807, 2.05) is 0 Å². The first-order valence-electron chi connectivity index (χ1n) is 14.4. The van der Waals surface area contributed by atoms with Crippen molar-refractivity contribution in [3.63, 3.8) is 0 Å². The monoisotopic (exact) mass is 542 g/mol. The van der Waals surface area contributed by atoms with Crippen LogP contribution in [0.3, 0.4) is 0 Å². The quantitative estimate of drug-likeness (QED) is 0.117. The number of carbonyl (C=O) groups is 1. The minimum absolute atomic E-state index is 0.00414. The first kappa shape index (κ1) is 30.6. The van der Waals surface area contributed by atoms with Crippen molar-refractivity contribution in [3.05, 3.63) is 102 Å². The highest BCUT2D eigenvalue weighted by Crippen LogP contribution is 2.41. The second kappa shape index (κ2) is 15.0. The van der Waals surface area contributed by atoms with Crippen LogP contribution in [0.4, 0.5) is 0 Å². The molecular weight excluding hydrogens is 496 g/mol. The van der Waals surface area contributed by atoms with Gasteiger partial charge in [0.05, 0.1) is 13.2 Å². The topological polar surface area (TPSA) is 35.5 Å². The van der Waals surface area contributed by atoms with E-state index in [0.29, 0.717) is 6.42 Å². The molecule has 0 aliphatic rings. The number of unbranched alkanes of at least 4 members (excludes halogenated alkanes) is 3. The molecule has 0 aliphatic carbocycles. The average molecular weight is 543 g/mol. The minimum Gasteiger partial charge on any atom is -0.469 e. The van der Waals surface area contributed by atoms with Gasteiger partial charge in [0.1, 0.15) is 0 Å². The smallest absolute Gasteiger partial charge is 0.305 e. The van der Waals surface area contributed by atoms with Crippen molar-refractivity contribution < 1.29 is 14.0 Å². The zero-order chi connectivity index (χ0) is 28.1. The highest BCUT2D eigenvalue weighted by molar-refractivity contribution is 6.99. The number of benzene rings is 3. The summed E-state index contributed by atoms with van der Waals surface area (Å²) in [5.74, 6) is -0.152. The number of methoxy groups -OCH3 is 1. The molecule has 0 saturated heterocycles. The van der Waals surface area contributed by atoms with Crippen molar-refractivity contribution >= 4 is 30.7 Å². The van der Waals surface area contributed by atoms with E-state index in [1.165, 1.54) is 35.9 Å². The molecule has 0 aliphatic heterocycles. The summed E-state index contributed by atoms with van der Waals surface area (Å²) >= 11 is 0. The first-order chi connectivity index (χ1) is 18.8. The third-order valence-electron chi connectivity index (χ3n) is 7.38. The van der Waals surface area contributed by atoms with Gasteiger partial charge in [-0.15, -0.1) is 0 Å². The van der Waals surface area contributed by atoms with Gasteiger partial charge in [0.2, 0.25) is 0 Å². The lowest BCUT2D eigenvalue weighted by molar-refractivity contribution is -0.140. The van der Waals surface area contributed by atoms with Gasteiger partial charge in [-0.25, -0.2) is 0 Å². The molecule has 3 rings (SSSR count). The maximum Gasteiger partial charge on any atom is 0.305 e. The fraction of sp³-hybridized carbons (Fsp3) is 0.400. The van der Waals surface area contributed by atoms with Crippen molar-refractivity contribution in [2.75, 3.05) is 7.11 Å². The number of esters is 1. The summed E-state index contributed by atoms with van der Waals surface area (Å²) in [6, 6.07) is 30.6. The van der Waals surface area contributed by atoms with Gasteiger partial charge in [-0.1, -0.05) is 138 Å². The lowest BCUT2D eigenvalue weighted by atomic mass is 10.0. The molecular formula is C35H46O3Si. The maximum atomic E-state index is 11.4. The third kappa shape index (κ3) is 8.27. The summed E-state index contributed by atoms with van der Waals surface area (Å²) in [6.07, 6.45) is 10.9. The third-order valence-corrected chi connectivity index (χ3v) is 12.4. The SMILES string of the molecule is CCCCCC(O[Si](c1ccccc1)(c1ccccc1)C(C)(C)C)c1cccc(/C=C/CCCC(=O)OC)c1. The molecule has 0 aromatic heterocycles. The van der Waals surface area contributed by atoms with Crippen LogP contribution in [0.15, 0.2) is 91.0 Å². The molecule has 0 spiro atoms. The molecule has 1 unspecified atom stereocenters. The number of rotatable bonds is 14. The van der Waals surface area contributed by atoms with Crippen LogP contribution < -0.4 is 10.4 Å². The van der Waals surface area contributed by atoms with E-state index in [2.05, 4.69) is 125 Å². The summed E-state index contributed by atoms with van der Waals surface area (Å²) in [5, 5.41) is 2.55. The van der Waals surface area contributed by atoms with Crippen molar-refractivity contribution in [3.8, 4) is 0 Å². The lowest BCUT2D eigenvalue weighted by Gasteiger charge is -2.45. The van der Waals surface area contributed by atoms with Gasteiger partial charge in [-0.2, -0.15) is 0 Å². The second-order valence-electron chi connectivity index (χ2n) is 11.3. The summed E-state index contributed by atoms with van der Waals surface area (Å²) in [5.41, 5.74) is 2.40. The Morgan fingerprint density at radius 1 is 0.872 bits per heavy atom. The first-order valence-corrected chi connectivity index (χ1v) is 16.3. The Morgan fingerprint density at radius 2 is 1.51 bits per heavy atom. The van der Waals surface area contributed by atoms with E-state index < -0.39 is 8.32 Å². The zero-order valence-corrected chi connectivity index (χ0v) is 25.5. The predicted octanol–water partition coefficient (Wildman–Crippen LogP) is 8.24. The van der Waals surface area contributed by atoms with Crippen LogP contribution in [0.2, 0.25) is 5.04 Å². The summed E-state index contributed by atoms with van der Waals surface area (Å²) in [4.78, 5) is 11.4. The summed E-state index contributed by atoms with van der Waals surface area (Å²) in [7, 11) is -1.25. The van der Waals surface area contributed by atoms with Crippen LogP contribution in [-0.2, 0) is 14.0 Å². The van der Waals surface area contributed by atoms with Crippen LogP contribution in [0.1, 0.15) is 89.9 Å². The van der Waals surface area contributed by atoms with Crippen LogP contribution in [0, 0.1) is 0 Å². The Morgan fingerprint density at radius 3 is 2.08 bits per heavy atom. The van der Waals surface area contributed by atoms with Crippen LogP contribution in [0.25, 0.3) is 6.08 Å². The molecule has 39 heavy (non-hydrogen) atoms. The van der Waals surface area contributed by atoms with Crippen LogP contribution >= 0.6 is 0 Å². The Balaban J connectivity index is 2.00. The Hall–Kier alpha value is -2.95. The molecule has 0 saturated carbocycles. The maximum absolute atomic E-state index is 11.4. The average Bonchev–Trinajstić information content (AvgIpc) is 2.95. The predicted molar refractivity (Wildman–Crippen MR) is 167 cm³/mol. The Kier molecular flexibility index (Phi) is 11.8. The standard InChI is InChI=1S/C35H46O3Si/c1-6-7-11-26-33(30-21-18-20-29(28-30)19-12-8-17-27-34(36)37-5)38-39(35(2,3)4,31-22-13-9-14-23-31)32-24-15-10-16-25-32/h9-10,12-16,18-25,28,33H,6-8,11,17,26-27H2,1-5H3/b19-12+. The largest absolute Gasteiger partial charge is 0.469 e. The molecule has 4 heteroatoms. The van der Waals surface area contributed by atoms with Crippen molar-refractivity contribution in [1.29, 1.82) is 0 Å². The molecule has 0 heterocycles. The van der Waals surface area contributed by atoms with E-state index >= 15 is 0 Å². The van der Waals surface area contributed by atoms with E-state index in [-0.39, 0.29) is 17.1 Å². The molecule has 0 N–H and O–H groups in total. The Labute approximate surface area is 237 Å². The number of hydrogen-bond donors (Lipinski definition) is 0. The van der Waals surface area contributed by atoms with Crippen LogP contribution in [0.5, 0.6) is 0 Å². The number of hydrogen-bond acceptors (Lipinski definition) is 3. The zero-order valence-electron chi connectivity index (χ0n) is 24.5. The van der Waals surface area contributed by atoms with Gasteiger partial charge in [0.15, 0.2) is 0 Å². The number of allylic oxidation sites excluding steroid dienone is 1. The molecule has 0 amide bonds. The van der Waals surface area contributed by atoms with E-state index in [1.54, 1.807) is 0 Å². The van der Waals surface area contributed by atoms with Gasteiger partial charge < -0.3 is 9.16 Å². The fourth-order valence-corrected chi connectivity index (χ4v) is 10.0. The molecule has 0 fully saturated rings. The highest BCUT2D eigenvalue weighted by Gasteiger charge is 2.51. The summed E-state index contributed by atoms with van der Waals surface area (Å²) in [6.45, 7) is 9.28. The van der Waals surface area contributed by atoms with E-state index in [9.17, 15) is 4.79 Å². The molecule has 1 atom stereocenters. The van der Waals surface area contributed by atoms with E-state index in [4.69, 9.17) is 9.16 Å².